The van der Waals surface area contributed by atoms with Crippen molar-refractivity contribution in [2.45, 2.75) is 44.1 Å². The number of benzene rings is 1. The Morgan fingerprint density at radius 2 is 1.56 bits per heavy atom. The Hall–Kier alpha value is -2.96. The number of carboxylic acids is 2. The fourth-order valence-corrected chi connectivity index (χ4v) is 4.07. The Morgan fingerprint density at radius 3 is 2.19 bits per heavy atom. The highest BCUT2D eigenvalue weighted by molar-refractivity contribution is 5.97. The van der Waals surface area contributed by atoms with E-state index in [2.05, 4.69) is 0 Å². The maximum absolute atomic E-state index is 12.0. The third kappa shape index (κ3) is 3.25. The van der Waals surface area contributed by atoms with Crippen LogP contribution in [0.15, 0.2) is 41.7 Å². The second kappa shape index (κ2) is 6.98. The normalized spacial score (nSPS) is 20.2. The molecule has 0 saturated heterocycles. The van der Waals surface area contributed by atoms with Crippen LogP contribution in [0.5, 0.6) is 11.5 Å². The molecule has 7 heteroatoms. The maximum atomic E-state index is 12.0. The van der Waals surface area contributed by atoms with Crippen LogP contribution in [0.25, 0.3) is 0 Å². The average Bonchev–Trinajstić information content (AvgIpc) is 3.15. The van der Waals surface area contributed by atoms with Crippen molar-refractivity contribution in [3.8, 4) is 11.5 Å². The lowest BCUT2D eigenvalue weighted by Gasteiger charge is -2.36. The van der Waals surface area contributed by atoms with Gasteiger partial charge in [0, 0.05) is 18.4 Å². The molecule has 1 aromatic rings. The highest BCUT2D eigenvalue weighted by Crippen LogP contribution is 2.42. The summed E-state index contributed by atoms with van der Waals surface area (Å²) >= 11 is 0. The topological polar surface area (TPSA) is 96.3 Å². The molecule has 0 atom stereocenters. The zero-order valence-electron chi connectivity index (χ0n) is 14.8. The summed E-state index contributed by atoms with van der Waals surface area (Å²) in [5.74, 6) is -2.04. The molecule has 2 aliphatic heterocycles. The lowest BCUT2D eigenvalue weighted by molar-refractivity contribution is -0.133. The highest BCUT2D eigenvalue weighted by Gasteiger charge is 2.36. The smallest absolute Gasteiger partial charge is 0.334 e. The highest BCUT2D eigenvalue weighted by atomic mass is 16.7. The van der Waals surface area contributed by atoms with Crippen LogP contribution in [-0.4, -0.2) is 39.9 Å². The molecule has 0 spiro atoms. The van der Waals surface area contributed by atoms with Gasteiger partial charge in [-0.1, -0.05) is 25.3 Å². The van der Waals surface area contributed by atoms with E-state index in [1.54, 1.807) is 35.5 Å². The Balaban J connectivity index is 1.76. The van der Waals surface area contributed by atoms with E-state index in [0.717, 1.165) is 32.1 Å². The molecular weight excluding hydrogens is 350 g/mol. The van der Waals surface area contributed by atoms with Crippen molar-refractivity contribution >= 4 is 11.9 Å². The van der Waals surface area contributed by atoms with Gasteiger partial charge in [0.1, 0.15) is 0 Å². The molecule has 1 aliphatic carbocycles. The van der Waals surface area contributed by atoms with Crippen molar-refractivity contribution in [3.63, 3.8) is 0 Å². The molecular formula is C20H21NO6. The van der Waals surface area contributed by atoms with E-state index in [1.807, 2.05) is 0 Å². The molecule has 0 aromatic heterocycles. The second-order valence-electron chi connectivity index (χ2n) is 7.06. The molecule has 2 N–H and O–H groups in total. The minimum Gasteiger partial charge on any atom is -0.478 e. The van der Waals surface area contributed by atoms with E-state index in [0.29, 0.717) is 17.1 Å². The van der Waals surface area contributed by atoms with Gasteiger partial charge in [-0.15, -0.1) is 0 Å². The third-order valence-electron chi connectivity index (χ3n) is 5.42. The molecule has 1 aromatic carbocycles. The summed E-state index contributed by atoms with van der Waals surface area (Å²) in [5.41, 5.74) is 0.670. The quantitative estimate of drug-likeness (QED) is 0.839. The Morgan fingerprint density at radius 1 is 0.926 bits per heavy atom. The van der Waals surface area contributed by atoms with Gasteiger partial charge in [0.2, 0.25) is 6.79 Å². The molecule has 3 aliphatic rings. The van der Waals surface area contributed by atoms with Crippen LogP contribution in [0.1, 0.15) is 43.6 Å². The molecule has 0 radical (unpaired) electrons. The van der Waals surface area contributed by atoms with Crippen molar-refractivity contribution in [2.75, 3.05) is 6.79 Å². The molecule has 27 heavy (non-hydrogen) atoms. The summed E-state index contributed by atoms with van der Waals surface area (Å²) in [7, 11) is 0. The monoisotopic (exact) mass is 371 g/mol. The molecule has 4 rings (SSSR count). The fraction of sp³-hybridized carbons (Fsp3) is 0.400. The van der Waals surface area contributed by atoms with E-state index in [4.69, 9.17) is 9.47 Å². The zero-order chi connectivity index (χ0) is 19.0. The number of aliphatic carboxylic acids is 2. The average molecular weight is 371 g/mol. The molecule has 0 amide bonds. The van der Waals surface area contributed by atoms with Gasteiger partial charge in [-0.2, -0.15) is 0 Å². The van der Waals surface area contributed by atoms with Gasteiger partial charge in [-0.3, -0.25) is 0 Å². The van der Waals surface area contributed by atoms with Gasteiger partial charge >= 0.3 is 11.9 Å². The molecule has 2 heterocycles. The molecule has 142 valence electrons. The molecule has 1 saturated carbocycles. The second-order valence-corrected chi connectivity index (χ2v) is 7.06. The number of hydrogen-bond donors (Lipinski definition) is 2. The number of carboxylic acid groups (broad SMARTS) is 2. The van der Waals surface area contributed by atoms with Gasteiger partial charge in [0.05, 0.1) is 17.1 Å². The minimum atomic E-state index is -1.12. The number of fused-ring (bicyclic) bond motifs is 1. The lowest BCUT2D eigenvalue weighted by Crippen LogP contribution is -2.34. The van der Waals surface area contributed by atoms with Crippen molar-refractivity contribution in [2.24, 2.45) is 0 Å². The van der Waals surface area contributed by atoms with Crippen LogP contribution < -0.4 is 9.47 Å². The van der Waals surface area contributed by atoms with Crippen molar-refractivity contribution in [1.82, 2.24) is 4.90 Å². The van der Waals surface area contributed by atoms with Gasteiger partial charge in [-0.25, -0.2) is 9.59 Å². The Labute approximate surface area is 156 Å². The Bertz CT molecular complexity index is 805. The first-order valence-electron chi connectivity index (χ1n) is 9.11. The lowest BCUT2D eigenvalue weighted by atomic mass is 9.82. The van der Waals surface area contributed by atoms with E-state index in [1.165, 1.54) is 0 Å². The standard InChI is InChI=1S/C20H21NO6/c22-19(23)14-9-21(13-4-2-1-3-5-13)10-15(20(24)25)18(14)12-6-7-16-17(8-12)27-11-26-16/h6-10,13,18H,1-5,11H2,(H,22,23)(H,24,25). The van der Waals surface area contributed by atoms with Crippen LogP contribution in [0.2, 0.25) is 0 Å². The number of rotatable bonds is 4. The zero-order valence-corrected chi connectivity index (χ0v) is 14.8. The summed E-state index contributed by atoms with van der Waals surface area (Å²) in [6, 6.07) is 5.18. The first-order chi connectivity index (χ1) is 13.0. The fourth-order valence-electron chi connectivity index (χ4n) is 4.07. The van der Waals surface area contributed by atoms with Crippen LogP contribution in [0, 0.1) is 0 Å². The summed E-state index contributed by atoms with van der Waals surface area (Å²) in [5, 5.41) is 19.6. The number of nitrogens with zero attached hydrogens (tertiary/aromatic N) is 1. The predicted octanol–water partition coefficient (Wildman–Crippen LogP) is 3.08. The van der Waals surface area contributed by atoms with Crippen LogP contribution in [0.3, 0.4) is 0 Å². The summed E-state index contributed by atoms with van der Waals surface area (Å²) in [4.78, 5) is 25.8. The molecule has 1 fully saturated rings. The van der Waals surface area contributed by atoms with Crippen LogP contribution in [0.4, 0.5) is 0 Å². The maximum Gasteiger partial charge on any atom is 0.334 e. The van der Waals surface area contributed by atoms with Gasteiger partial charge in [0.25, 0.3) is 0 Å². The molecule has 0 unspecified atom stereocenters. The van der Waals surface area contributed by atoms with Crippen molar-refractivity contribution in [3.05, 3.63) is 47.3 Å². The summed E-state index contributed by atoms with van der Waals surface area (Å²) in [6.45, 7) is 0.0994. The van der Waals surface area contributed by atoms with Gasteiger partial charge in [0.15, 0.2) is 11.5 Å². The largest absolute Gasteiger partial charge is 0.478 e. The first-order valence-corrected chi connectivity index (χ1v) is 9.11. The molecule has 7 nitrogen and oxygen atoms in total. The van der Waals surface area contributed by atoms with E-state index >= 15 is 0 Å². The van der Waals surface area contributed by atoms with E-state index in [9.17, 15) is 19.8 Å². The van der Waals surface area contributed by atoms with E-state index in [-0.39, 0.29) is 24.0 Å². The minimum absolute atomic E-state index is 0.0549. The summed E-state index contributed by atoms with van der Waals surface area (Å²) in [6.07, 6.45) is 8.36. The third-order valence-corrected chi connectivity index (χ3v) is 5.42. The number of ether oxygens (including phenoxy) is 2. The van der Waals surface area contributed by atoms with Crippen molar-refractivity contribution in [1.29, 1.82) is 0 Å². The van der Waals surface area contributed by atoms with Crippen molar-refractivity contribution < 1.29 is 29.3 Å². The molecule has 0 bridgehead atoms. The summed E-state index contributed by atoms with van der Waals surface area (Å²) < 4.78 is 10.7. The SMILES string of the molecule is O=C(O)C1=CN(C2CCCCC2)C=C(C(=O)O)C1c1ccc2c(c1)OCO2. The van der Waals surface area contributed by atoms with Crippen LogP contribution in [-0.2, 0) is 9.59 Å². The first kappa shape index (κ1) is 17.5. The number of carbonyl (C=O) groups is 2. The van der Waals surface area contributed by atoms with Crippen LogP contribution >= 0.6 is 0 Å². The number of hydrogen-bond acceptors (Lipinski definition) is 5. The van der Waals surface area contributed by atoms with Gasteiger partial charge in [-0.05, 0) is 30.5 Å². The Kier molecular flexibility index (Phi) is 4.51. The van der Waals surface area contributed by atoms with Gasteiger partial charge < -0.3 is 24.6 Å². The van der Waals surface area contributed by atoms with E-state index < -0.39 is 17.9 Å². The predicted molar refractivity (Wildman–Crippen MR) is 95.5 cm³/mol.